The highest BCUT2D eigenvalue weighted by atomic mass is 32.2. The number of nitrogens with zero attached hydrogens (tertiary/aromatic N) is 1. The molecule has 0 heterocycles. The van der Waals surface area contributed by atoms with Crippen LogP contribution in [0.2, 0.25) is 0 Å². The Balaban J connectivity index is 2.37. The largest absolute Gasteiger partial charge is 0.399 e. The van der Waals surface area contributed by atoms with Crippen LogP contribution in [0, 0.1) is 11.3 Å². The first-order chi connectivity index (χ1) is 9.03. The topological polar surface area (TPSA) is 84.0 Å². The molecular weight excluding hydrogens is 260 g/mol. The van der Waals surface area contributed by atoms with Crippen molar-refractivity contribution in [3.63, 3.8) is 0 Å². The maximum absolute atomic E-state index is 12.2. The first-order valence-corrected chi connectivity index (χ1v) is 7.24. The molecule has 0 bridgehead atoms. The quantitative estimate of drug-likeness (QED) is 0.867. The van der Waals surface area contributed by atoms with E-state index >= 15 is 0 Å². The summed E-state index contributed by atoms with van der Waals surface area (Å²) in [4.78, 5) is 0.203. The number of anilines is 1. The molecule has 19 heavy (non-hydrogen) atoms. The third-order valence-electron chi connectivity index (χ3n) is 2.72. The Bertz CT molecular complexity index is 729. The fourth-order valence-corrected chi connectivity index (χ4v) is 3.10. The van der Waals surface area contributed by atoms with Crippen LogP contribution in [0.25, 0.3) is 0 Å². The molecule has 0 aliphatic carbocycles. The lowest BCUT2D eigenvalue weighted by Gasteiger charge is -2.06. The molecule has 0 radical (unpaired) electrons. The van der Waals surface area contributed by atoms with Crippen molar-refractivity contribution in [2.75, 3.05) is 5.73 Å². The molecular formula is C14H12N2O2S. The standard InChI is InChI=1S/C14H12N2O2S/c15-9-11-3-1-2-4-12(11)10-19(17,18)14-7-5-13(16)6-8-14/h1-8H,10,16H2. The minimum Gasteiger partial charge on any atom is -0.399 e. The first kappa shape index (κ1) is 13.1. The molecule has 2 rings (SSSR count). The molecule has 0 amide bonds. The summed E-state index contributed by atoms with van der Waals surface area (Å²) < 4.78 is 24.5. The minimum atomic E-state index is -3.47. The zero-order valence-electron chi connectivity index (χ0n) is 10.1. The highest BCUT2D eigenvalue weighted by molar-refractivity contribution is 7.90. The van der Waals surface area contributed by atoms with E-state index in [9.17, 15) is 8.42 Å². The number of nitrogen functional groups attached to an aromatic ring is 1. The maximum Gasteiger partial charge on any atom is 0.182 e. The summed E-state index contributed by atoms with van der Waals surface area (Å²) in [6, 6.07) is 14.7. The van der Waals surface area contributed by atoms with Gasteiger partial charge in [0.1, 0.15) is 0 Å². The van der Waals surface area contributed by atoms with Gasteiger partial charge >= 0.3 is 0 Å². The van der Waals surface area contributed by atoms with Gasteiger partial charge in [0, 0.05) is 5.69 Å². The lowest BCUT2D eigenvalue weighted by atomic mass is 10.1. The van der Waals surface area contributed by atoms with Crippen LogP contribution in [0.15, 0.2) is 53.4 Å². The smallest absolute Gasteiger partial charge is 0.182 e. The van der Waals surface area contributed by atoms with Crippen molar-refractivity contribution in [1.29, 1.82) is 5.26 Å². The average Bonchev–Trinajstić information content (AvgIpc) is 2.39. The lowest BCUT2D eigenvalue weighted by Crippen LogP contribution is -2.06. The molecule has 0 saturated carbocycles. The van der Waals surface area contributed by atoms with Crippen molar-refractivity contribution >= 4 is 15.5 Å². The van der Waals surface area contributed by atoms with E-state index in [1.165, 1.54) is 12.1 Å². The van der Waals surface area contributed by atoms with Gasteiger partial charge in [-0.3, -0.25) is 0 Å². The van der Waals surface area contributed by atoms with Gasteiger partial charge < -0.3 is 5.73 Å². The number of nitrogens with two attached hydrogens (primary N) is 1. The second-order valence-electron chi connectivity index (χ2n) is 4.10. The van der Waals surface area contributed by atoms with Crippen molar-refractivity contribution in [3.05, 3.63) is 59.7 Å². The number of rotatable bonds is 3. The predicted molar refractivity (Wildman–Crippen MR) is 72.9 cm³/mol. The Hall–Kier alpha value is -2.32. The van der Waals surface area contributed by atoms with E-state index in [1.54, 1.807) is 36.4 Å². The van der Waals surface area contributed by atoms with Gasteiger partial charge in [-0.15, -0.1) is 0 Å². The summed E-state index contributed by atoms with van der Waals surface area (Å²) in [6.45, 7) is 0. The van der Waals surface area contributed by atoms with E-state index in [1.807, 2.05) is 6.07 Å². The summed E-state index contributed by atoms with van der Waals surface area (Å²) in [7, 11) is -3.47. The van der Waals surface area contributed by atoms with Gasteiger partial charge in [-0.05, 0) is 35.9 Å². The van der Waals surface area contributed by atoms with Crippen molar-refractivity contribution in [2.45, 2.75) is 10.6 Å². The molecule has 0 aliphatic rings. The van der Waals surface area contributed by atoms with Crippen LogP contribution >= 0.6 is 0 Å². The van der Waals surface area contributed by atoms with Crippen LogP contribution < -0.4 is 5.73 Å². The Morgan fingerprint density at radius 1 is 1.05 bits per heavy atom. The van der Waals surface area contributed by atoms with Crippen molar-refractivity contribution in [2.24, 2.45) is 0 Å². The average molecular weight is 272 g/mol. The third-order valence-corrected chi connectivity index (χ3v) is 4.40. The zero-order valence-corrected chi connectivity index (χ0v) is 10.9. The normalized spacial score (nSPS) is 10.9. The molecule has 5 heteroatoms. The molecule has 0 saturated heterocycles. The molecule has 2 aromatic rings. The van der Waals surface area contributed by atoms with Crippen LogP contribution in [0.1, 0.15) is 11.1 Å². The monoisotopic (exact) mass is 272 g/mol. The molecule has 2 aromatic carbocycles. The van der Waals surface area contributed by atoms with Gasteiger partial charge in [0.05, 0.1) is 22.3 Å². The number of benzene rings is 2. The molecule has 2 N–H and O–H groups in total. The Kier molecular flexibility index (Phi) is 3.54. The fourth-order valence-electron chi connectivity index (χ4n) is 1.72. The molecule has 0 fully saturated rings. The lowest BCUT2D eigenvalue weighted by molar-refractivity contribution is 0.595. The number of hydrogen-bond donors (Lipinski definition) is 1. The van der Waals surface area contributed by atoms with Crippen LogP contribution in [0.4, 0.5) is 5.69 Å². The van der Waals surface area contributed by atoms with Crippen LogP contribution in [0.5, 0.6) is 0 Å². The third kappa shape index (κ3) is 2.92. The number of sulfone groups is 1. The Morgan fingerprint density at radius 3 is 2.32 bits per heavy atom. The molecule has 0 aliphatic heterocycles. The van der Waals surface area contributed by atoms with E-state index in [4.69, 9.17) is 11.0 Å². The van der Waals surface area contributed by atoms with E-state index in [0.29, 0.717) is 16.8 Å². The molecule has 0 aromatic heterocycles. The molecule has 0 unspecified atom stereocenters. The summed E-state index contributed by atoms with van der Waals surface area (Å²) in [5.74, 6) is -0.194. The van der Waals surface area contributed by atoms with E-state index in [0.717, 1.165) is 0 Å². The van der Waals surface area contributed by atoms with Crippen LogP contribution in [-0.4, -0.2) is 8.42 Å². The summed E-state index contributed by atoms with van der Waals surface area (Å²) in [5.41, 5.74) is 6.92. The summed E-state index contributed by atoms with van der Waals surface area (Å²) in [5, 5.41) is 8.96. The molecule has 0 atom stereocenters. The first-order valence-electron chi connectivity index (χ1n) is 5.59. The van der Waals surface area contributed by atoms with Gasteiger partial charge in [-0.25, -0.2) is 8.42 Å². The van der Waals surface area contributed by atoms with Crippen LogP contribution in [0.3, 0.4) is 0 Å². The molecule has 0 spiro atoms. The highest BCUT2D eigenvalue weighted by Gasteiger charge is 2.16. The van der Waals surface area contributed by atoms with Crippen molar-refractivity contribution < 1.29 is 8.42 Å². The summed E-state index contributed by atoms with van der Waals surface area (Å²) >= 11 is 0. The van der Waals surface area contributed by atoms with Gasteiger partial charge in [-0.1, -0.05) is 18.2 Å². The van der Waals surface area contributed by atoms with Gasteiger partial charge in [-0.2, -0.15) is 5.26 Å². The maximum atomic E-state index is 12.2. The van der Waals surface area contributed by atoms with Gasteiger partial charge in [0.25, 0.3) is 0 Å². The second-order valence-corrected chi connectivity index (χ2v) is 6.09. The van der Waals surface area contributed by atoms with E-state index < -0.39 is 9.84 Å². The zero-order chi connectivity index (χ0) is 13.9. The fraction of sp³-hybridized carbons (Fsp3) is 0.0714. The van der Waals surface area contributed by atoms with Crippen LogP contribution in [-0.2, 0) is 15.6 Å². The minimum absolute atomic E-state index is 0.194. The molecule has 4 nitrogen and oxygen atoms in total. The van der Waals surface area contributed by atoms with E-state index in [-0.39, 0.29) is 10.6 Å². The summed E-state index contributed by atoms with van der Waals surface area (Å²) in [6.07, 6.45) is 0. The number of nitriles is 1. The SMILES string of the molecule is N#Cc1ccccc1CS(=O)(=O)c1ccc(N)cc1. The number of hydrogen-bond acceptors (Lipinski definition) is 4. The Morgan fingerprint density at radius 2 is 1.68 bits per heavy atom. The predicted octanol–water partition coefficient (Wildman–Crippen LogP) is 2.11. The Labute approximate surface area is 112 Å². The van der Waals surface area contributed by atoms with Gasteiger partial charge in [0.2, 0.25) is 0 Å². The van der Waals surface area contributed by atoms with Crippen molar-refractivity contribution in [3.8, 4) is 6.07 Å². The molecule has 96 valence electrons. The van der Waals surface area contributed by atoms with Gasteiger partial charge in [0.15, 0.2) is 9.84 Å². The second kappa shape index (κ2) is 5.12. The van der Waals surface area contributed by atoms with Crippen molar-refractivity contribution in [1.82, 2.24) is 0 Å². The van der Waals surface area contributed by atoms with E-state index in [2.05, 4.69) is 0 Å². The highest BCUT2D eigenvalue weighted by Crippen LogP contribution is 2.19.